The molecule has 9 heteroatoms. The molecule has 4 rings (SSSR count). The van der Waals surface area contributed by atoms with Gasteiger partial charge in [0.15, 0.2) is 4.80 Å². The molecule has 1 aromatic heterocycles. The Hall–Kier alpha value is -2.00. The van der Waals surface area contributed by atoms with E-state index in [1.165, 1.54) is 33.3 Å². The Kier molecular flexibility index (Phi) is 6.35. The van der Waals surface area contributed by atoms with Crippen LogP contribution in [-0.4, -0.2) is 36.3 Å². The van der Waals surface area contributed by atoms with E-state index in [0.29, 0.717) is 29.2 Å². The van der Waals surface area contributed by atoms with Crippen molar-refractivity contribution < 1.29 is 13.2 Å². The predicted molar refractivity (Wildman–Crippen MR) is 124 cm³/mol. The molecule has 1 amide bonds. The molecule has 1 unspecified atom stereocenters. The minimum atomic E-state index is -3.68. The Morgan fingerprint density at radius 3 is 2.68 bits per heavy atom. The number of rotatable bonds is 4. The molecule has 3 aromatic rings. The molecular weight excluding hydrogens is 454 g/mol. The maximum atomic E-state index is 13.0. The lowest BCUT2D eigenvalue weighted by molar-refractivity contribution is -0.122. The fourth-order valence-electron chi connectivity index (χ4n) is 3.81. The zero-order valence-electron chi connectivity index (χ0n) is 17.4. The van der Waals surface area contributed by atoms with Gasteiger partial charge in [-0.3, -0.25) is 4.79 Å². The number of thiazole rings is 1. The summed E-state index contributed by atoms with van der Waals surface area (Å²) in [5.74, 6) is -0.721. The van der Waals surface area contributed by atoms with Crippen LogP contribution in [-0.2, 0) is 28.3 Å². The van der Waals surface area contributed by atoms with E-state index in [2.05, 4.69) is 30.1 Å². The third-order valence-electron chi connectivity index (χ3n) is 5.67. The van der Waals surface area contributed by atoms with Gasteiger partial charge >= 0.3 is 0 Å². The van der Waals surface area contributed by atoms with Gasteiger partial charge in [-0.25, -0.2) is 8.42 Å². The van der Waals surface area contributed by atoms with Crippen LogP contribution in [0.15, 0.2) is 52.4 Å². The second-order valence-corrected chi connectivity index (χ2v) is 11.1. The quantitative estimate of drug-likeness (QED) is 0.570. The number of halogens is 1. The molecule has 2 aromatic carbocycles. The van der Waals surface area contributed by atoms with E-state index in [9.17, 15) is 13.2 Å². The molecule has 1 fully saturated rings. The number of nitrogens with zero attached hydrogens (tertiary/aromatic N) is 3. The van der Waals surface area contributed by atoms with E-state index in [-0.39, 0.29) is 17.3 Å². The molecule has 31 heavy (non-hydrogen) atoms. The summed E-state index contributed by atoms with van der Waals surface area (Å²) in [6.45, 7) is 2.64. The molecule has 1 saturated heterocycles. The van der Waals surface area contributed by atoms with E-state index in [0.717, 1.165) is 16.6 Å². The number of sulfonamides is 1. The first kappa shape index (κ1) is 22.2. The van der Waals surface area contributed by atoms with Gasteiger partial charge in [0.1, 0.15) is 0 Å². The molecule has 0 bridgehead atoms. The minimum absolute atomic E-state index is 0.141. The van der Waals surface area contributed by atoms with Crippen molar-refractivity contribution in [2.75, 3.05) is 13.1 Å². The first-order valence-electron chi connectivity index (χ1n) is 10.2. The summed E-state index contributed by atoms with van der Waals surface area (Å²) in [5.41, 5.74) is 2.27. The lowest BCUT2D eigenvalue weighted by Crippen LogP contribution is -2.42. The molecule has 0 radical (unpaired) electrons. The van der Waals surface area contributed by atoms with E-state index < -0.39 is 15.9 Å². The van der Waals surface area contributed by atoms with Gasteiger partial charge in [0.2, 0.25) is 10.0 Å². The fourth-order valence-corrected chi connectivity index (χ4v) is 6.55. The molecule has 1 atom stereocenters. The first-order valence-corrected chi connectivity index (χ1v) is 12.9. The van der Waals surface area contributed by atoms with Crippen LogP contribution in [0.5, 0.6) is 0 Å². The van der Waals surface area contributed by atoms with Crippen molar-refractivity contribution in [3.8, 4) is 0 Å². The number of fused-ring (bicyclic) bond motifs is 1. The van der Waals surface area contributed by atoms with E-state index in [1.807, 2.05) is 11.6 Å². The number of amides is 1. The van der Waals surface area contributed by atoms with E-state index >= 15 is 0 Å². The zero-order chi connectivity index (χ0) is 22.2. The van der Waals surface area contributed by atoms with Crippen LogP contribution in [0.3, 0.4) is 0 Å². The second kappa shape index (κ2) is 8.86. The largest absolute Gasteiger partial charge is 0.319 e. The van der Waals surface area contributed by atoms with Crippen LogP contribution < -0.4 is 4.80 Å². The van der Waals surface area contributed by atoms with Crippen molar-refractivity contribution in [1.82, 2.24) is 8.87 Å². The Morgan fingerprint density at radius 2 is 1.97 bits per heavy atom. The van der Waals surface area contributed by atoms with Gasteiger partial charge in [-0.1, -0.05) is 35.9 Å². The van der Waals surface area contributed by atoms with Crippen LogP contribution in [0.25, 0.3) is 10.2 Å². The van der Waals surface area contributed by atoms with Crippen molar-refractivity contribution in [3.05, 3.63) is 57.9 Å². The fraction of sp³-hybridized carbons (Fsp3) is 0.364. The van der Waals surface area contributed by atoms with Gasteiger partial charge in [0.25, 0.3) is 5.91 Å². The van der Waals surface area contributed by atoms with Gasteiger partial charge in [0.05, 0.1) is 21.0 Å². The van der Waals surface area contributed by atoms with Crippen molar-refractivity contribution in [3.63, 3.8) is 0 Å². The molecule has 1 aliphatic heterocycles. The Bertz CT molecular complexity index is 1290. The minimum Gasteiger partial charge on any atom is -0.319 e. The number of carbonyl (C=O) groups excluding carboxylic acids is 1. The smallest absolute Gasteiger partial charge is 0.252 e. The summed E-state index contributed by atoms with van der Waals surface area (Å²) >= 11 is 7.36. The first-order chi connectivity index (χ1) is 14.8. The SMILES string of the molecule is CCc1ccc2c(c1)sc(=NC(=O)C1CCCN(S(=O)(=O)c3ccc(Cl)cc3)C1)n2C. The van der Waals surface area contributed by atoms with Crippen molar-refractivity contribution in [2.45, 2.75) is 31.1 Å². The summed E-state index contributed by atoms with van der Waals surface area (Å²) in [6, 6.07) is 12.4. The summed E-state index contributed by atoms with van der Waals surface area (Å²) in [7, 11) is -1.78. The molecule has 0 N–H and O–H groups in total. The Morgan fingerprint density at radius 1 is 1.23 bits per heavy atom. The molecule has 0 saturated carbocycles. The van der Waals surface area contributed by atoms with Gasteiger partial charge in [-0.15, -0.1) is 0 Å². The topological polar surface area (TPSA) is 71.7 Å². The highest BCUT2D eigenvalue weighted by molar-refractivity contribution is 7.89. The van der Waals surface area contributed by atoms with Crippen LogP contribution >= 0.6 is 22.9 Å². The lowest BCUT2D eigenvalue weighted by atomic mass is 9.99. The average Bonchev–Trinajstić information content (AvgIpc) is 3.08. The third kappa shape index (κ3) is 4.48. The van der Waals surface area contributed by atoms with E-state index in [4.69, 9.17) is 11.6 Å². The lowest BCUT2D eigenvalue weighted by Gasteiger charge is -2.30. The number of aromatic nitrogens is 1. The highest BCUT2D eigenvalue weighted by atomic mass is 35.5. The summed E-state index contributed by atoms with van der Waals surface area (Å²) < 4.78 is 30.4. The zero-order valence-corrected chi connectivity index (χ0v) is 19.8. The molecular formula is C22H24ClN3O3S2. The Labute approximate surface area is 190 Å². The molecule has 2 heterocycles. The highest BCUT2D eigenvalue weighted by Crippen LogP contribution is 2.26. The number of aryl methyl sites for hydroxylation is 2. The van der Waals surface area contributed by atoms with Gasteiger partial charge in [0, 0.05) is 25.2 Å². The maximum Gasteiger partial charge on any atom is 0.252 e. The maximum absolute atomic E-state index is 13.0. The molecule has 1 aliphatic rings. The normalized spacial score (nSPS) is 18.5. The van der Waals surface area contributed by atoms with Crippen LogP contribution in [0.2, 0.25) is 5.02 Å². The summed E-state index contributed by atoms with van der Waals surface area (Å²) in [4.78, 5) is 18.2. The standard InChI is InChI=1S/C22H24ClN3O3S2/c1-3-15-6-11-19-20(13-15)30-22(25(19)2)24-21(27)16-5-4-12-26(14-16)31(28,29)18-9-7-17(23)8-10-18/h6-11,13,16H,3-5,12,14H2,1-2H3. The van der Waals surface area contributed by atoms with Crippen LogP contribution in [0.1, 0.15) is 25.3 Å². The van der Waals surface area contributed by atoms with Gasteiger partial charge < -0.3 is 4.57 Å². The number of piperidine rings is 1. The number of hydrogen-bond donors (Lipinski definition) is 0. The van der Waals surface area contributed by atoms with Crippen molar-refractivity contribution in [1.29, 1.82) is 0 Å². The molecule has 0 spiro atoms. The molecule has 0 aliphatic carbocycles. The highest BCUT2D eigenvalue weighted by Gasteiger charge is 2.33. The van der Waals surface area contributed by atoms with Crippen LogP contribution in [0, 0.1) is 5.92 Å². The van der Waals surface area contributed by atoms with E-state index in [1.54, 1.807) is 12.1 Å². The number of benzene rings is 2. The van der Waals surface area contributed by atoms with Gasteiger partial charge in [-0.2, -0.15) is 9.30 Å². The summed E-state index contributed by atoms with van der Waals surface area (Å²) in [6.07, 6.45) is 2.20. The van der Waals surface area contributed by atoms with Crippen molar-refractivity contribution in [2.24, 2.45) is 18.0 Å². The number of carbonyl (C=O) groups is 1. The number of hydrogen-bond acceptors (Lipinski definition) is 4. The van der Waals surface area contributed by atoms with Crippen LogP contribution in [0.4, 0.5) is 0 Å². The monoisotopic (exact) mass is 477 g/mol. The molecule has 6 nitrogen and oxygen atoms in total. The second-order valence-electron chi connectivity index (χ2n) is 7.71. The van der Waals surface area contributed by atoms with Crippen molar-refractivity contribution >= 4 is 49.1 Å². The predicted octanol–water partition coefficient (Wildman–Crippen LogP) is 3.98. The third-order valence-corrected chi connectivity index (χ3v) is 8.90. The average molecular weight is 478 g/mol. The molecule has 164 valence electrons. The summed E-state index contributed by atoms with van der Waals surface area (Å²) in [5, 5.41) is 0.478. The Balaban J connectivity index is 1.59. The van der Waals surface area contributed by atoms with Gasteiger partial charge in [-0.05, 0) is 61.2 Å².